The van der Waals surface area contributed by atoms with Gasteiger partial charge >= 0.3 is 0 Å². The van der Waals surface area contributed by atoms with Gasteiger partial charge in [0.1, 0.15) is 11.9 Å². The Morgan fingerprint density at radius 1 is 0.950 bits per heavy atom. The minimum atomic E-state index is -1.05. The number of benzene rings is 3. The number of carbonyl (C=O) groups excluding carboxylic acids is 2. The molecule has 4 aromatic rings. The van der Waals surface area contributed by atoms with Crippen molar-refractivity contribution in [1.82, 2.24) is 19.8 Å². The lowest BCUT2D eigenvalue weighted by Crippen LogP contribution is -2.57. The molecule has 0 saturated carbocycles. The van der Waals surface area contributed by atoms with Crippen molar-refractivity contribution in [3.8, 4) is 11.4 Å². The number of imidazole rings is 1. The summed E-state index contributed by atoms with van der Waals surface area (Å²) in [5, 5.41) is 2.96. The zero-order valence-corrected chi connectivity index (χ0v) is 23.4. The summed E-state index contributed by atoms with van der Waals surface area (Å²) in [5.74, 6) is 0.628. The molecule has 0 aliphatic carbocycles. The maximum Gasteiger partial charge on any atom is 0.245 e. The zero-order chi connectivity index (χ0) is 28.1. The second-order valence-corrected chi connectivity index (χ2v) is 11.3. The van der Waals surface area contributed by atoms with Gasteiger partial charge in [0.2, 0.25) is 11.8 Å². The molecule has 2 amide bonds. The van der Waals surface area contributed by atoms with Crippen LogP contribution in [0.5, 0.6) is 0 Å². The molecule has 1 saturated heterocycles. The Kier molecular flexibility index (Phi) is 8.31. The number of nitrogens with one attached hydrogen (secondary N) is 1. The number of fused-ring (bicyclic) bond motifs is 1. The fourth-order valence-corrected chi connectivity index (χ4v) is 5.53. The first kappa shape index (κ1) is 27.6. The number of aryl methyl sites for hydroxylation is 1. The number of carbonyl (C=O) groups is 2. The highest BCUT2D eigenvalue weighted by atomic mass is 16.2. The molecule has 3 aromatic carbocycles. The van der Waals surface area contributed by atoms with Gasteiger partial charge in [-0.25, -0.2) is 4.98 Å². The summed E-state index contributed by atoms with van der Waals surface area (Å²) >= 11 is 0. The average molecular weight is 538 g/mol. The van der Waals surface area contributed by atoms with Gasteiger partial charge in [-0.05, 0) is 63.6 Å². The van der Waals surface area contributed by atoms with Gasteiger partial charge in [-0.15, -0.1) is 0 Å². The number of nitrogens with zero attached hydrogens (tertiary/aromatic N) is 3. The van der Waals surface area contributed by atoms with Crippen molar-refractivity contribution in [2.24, 2.45) is 5.73 Å². The first-order valence-electron chi connectivity index (χ1n) is 14.3. The van der Waals surface area contributed by atoms with E-state index in [-0.39, 0.29) is 17.9 Å². The molecule has 208 valence electrons. The molecule has 5 rings (SSSR count). The van der Waals surface area contributed by atoms with E-state index in [9.17, 15) is 9.59 Å². The van der Waals surface area contributed by atoms with Gasteiger partial charge in [0.15, 0.2) is 0 Å². The number of para-hydroxylation sites is 2. The van der Waals surface area contributed by atoms with Gasteiger partial charge in [0.25, 0.3) is 0 Å². The van der Waals surface area contributed by atoms with Crippen LogP contribution in [-0.4, -0.2) is 50.9 Å². The van der Waals surface area contributed by atoms with Crippen molar-refractivity contribution in [2.45, 2.75) is 63.6 Å². The third-order valence-corrected chi connectivity index (χ3v) is 7.76. The number of amides is 2. The molecule has 7 nitrogen and oxygen atoms in total. The van der Waals surface area contributed by atoms with Crippen molar-refractivity contribution in [1.29, 1.82) is 0 Å². The van der Waals surface area contributed by atoms with Crippen molar-refractivity contribution in [3.05, 3.63) is 90.5 Å². The second kappa shape index (κ2) is 12.0. The molecular weight excluding hydrogens is 498 g/mol. The topological polar surface area (TPSA) is 93.2 Å². The van der Waals surface area contributed by atoms with Crippen molar-refractivity contribution in [3.63, 3.8) is 0 Å². The number of rotatable bonds is 9. The van der Waals surface area contributed by atoms with Crippen LogP contribution >= 0.6 is 0 Å². The number of hydrogen-bond donors (Lipinski definition) is 2. The summed E-state index contributed by atoms with van der Waals surface area (Å²) in [6.07, 6.45) is 3.85. The molecule has 3 N–H and O–H groups in total. The van der Waals surface area contributed by atoms with Crippen LogP contribution in [-0.2, 0) is 16.0 Å². The molecule has 0 radical (unpaired) electrons. The van der Waals surface area contributed by atoms with Crippen LogP contribution in [0.3, 0.4) is 0 Å². The molecule has 1 aliphatic heterocycles. The van der Waals surface area contributed by atoms with E-state index in [0.717, 1.165) is 48.1 Å². The highest BCUT2D eigenvalue weighted by Gasteiger charge is 2.33. The molecule has 0 unspecified atom stereocenters. The number of piperidine rings is 1. The Labute approximate surface area is 236 Å². The number of nitrogens with two attached hydrogens (primary N) is 1. The largest absolute Gasteiger partial charge is 0.343 e. The molecule has 2 heterocycles. The highest BCUT2D eigenvalue weighted by Crippen LogP contribution is 2.33. The molecule has 1 atom stereocenters. The van der Waals surface area contributed by atoms with Crippen LogP contribution in [0.4, 0.5) is 0 Å². The monoisotopic (exact) mass is 537 g/mol. The summed E-state index contributed by atoms with van der Waals surface area (Å²) in [4.78, 5) is 33.4. The Bertz CT molecular complexity index is 1430. The van der Waals surface area contributed by atoms with Gasteiger partial charge in [-0.3, -0.25) is 9.59 Å². The maximum absolute atomic E-state index is 13.7. The molecule has 1 aliphatic rings. The minimum absolute atomic E-state index is 0.0251. The van der Waals surface area contributed by atoms with Crippen molar-refractivity contribution in [2.75, 3.05) is 13.1 Å². The van der Waals surface area contributed by atoms with E-state index < -0.39 is 11.6 Å². The van der Waals surface area contributed by atoms with Gasteiger partial charge < -0.3 is 20.5 Å². The molecule has 7 heteroatoms. The van der Waals surface area contributed by atoms with Crippen molar-refractivity contribution >= 4 is 22.8 Å². The van der Waals surface area contributed by atoms with E-state index >= 15 is 0 Å². The van der Waals surface area contributed by atoms with Crippen LogP contribution in [0.15, 0.2) is 84.9 Å². The van der Waals surface area contributed by atoms with E-state index in [2.05, 4.69) is 52.3 Å². The number of hydrogen-bond acceptors (Lipinski definition) is 4. The summed E-state index contributed by atoms with van der Waals surface area (Å²) in [5.41, 5.74) is 9.41. The van der Waals surface area contributed by atoms with Gasteiger partial charge in [0.05, 0.1) is 16.6 Å². The summed E-state index contributed by atoms with van der Waals surface area (Å²) < 4.78 is 2.35. The Morgan fingerprint density at radius 2 is 1.57 bits per heavy atom. The lowest BCUT2D eigenvalue weighted by Gasteiger charge is -2.36. The van der Waals surface area contributed by atoms with E-state index in [0.29, 0.717) is 19.5 Å². The molecule has 1 aromatic heterocycles. The first-order chi connectivity index (χ1) is 19.3. The van der Waals surface area contributed by atoms with Gasteiger partial charge in [0, 0.05) is 24.7 Å². The molecule has 40 heavy (non-hydrogen) atoms. The SMILES string of the molecule is CC(C)(N)C(=O)N[C@H](CCCc1ccccc1)C(=O)N1CCC(n2c(-c3ccccc3)nc3ccccc32)CC1. The first-order valence-corrected chi connectivity index (χ1v) is 14.3. The third kappa shape index (κ3) is 6.26. The quantitative estimate of drug-likeness (QED) is 0.310. The van der Waals surface area contributed by atoms with E-state index in [4.69, 9.17) is 10.7 Å². The van der Waals surface area contributed by atoms with E-state index in [1.807, 2.05) is 47.4 Å². The predicted molar refractivity (Wildman–Crippen MR) is 160 cm³/mol. The second-order valence-electron chi connectivity index (χ2n) is 11.3. The predicted octanol–water partition coefficient (Wildman–Crippen LogP) is 5.11. The molecule has 1 fully saturated rings. The summed E-state index contributed by atoms with van der Waals surface area (Å²) in [7, 11) is 0. The zero-order valence-electron chi connectivity index (χ0n) is 23.4. The van der Waals surface area contributed by atoms with Crippen molar-refractivity contribution < 1.29 is 9.59 Å². The highest BCUT2D eigenvalue weighted by molar-refractivity contribution is 5.91. The molecule has 0 spiro atoms. The maximum atomic E-state index is 13.7. The lowest BCUT2D eigenvalue weighted by molar-refractivity contribution is -0.138. The van der Waals surface area contributed by atoms with Crippen LogP contribution in [0, 0.1) is 0 Å². The van der Waals surface area contributed by atoms with E-state index in [1.54, 1.807) is 13.8 Å². The van der Waals surface area contributed by atoms with Crippen LogP contribution < -0.4 is 11.1 Å². The summed E-state index contributed by atoms with van der Waals surface area (Å²) in [6, 6.07) is 28.4. The standard InChI is InChI=1S/C33H39N5O2/c1-33(2,34)32(40)36-28(18-11-14-24-12-5-3-6-13-24)31(39)37-22-20-26(21-23-37)38-29-19-10-9-17-27(29)35-30(38)25-15-7-4-8-16-25/h3-10,12-13,15-17,19,26,28H,11,14,18,20-23,34H2,1-2H3,(H,36,40)/t28-/m1/s1. The fraction of sp³-hybridized carbons (Fsp3) is 0.364. The Balaban J connectivity index is 1.30. The van der Waals surface area contributed by atoms with Crippen LogP contribution in [0.2, 0.25) is 0 Å². The van der Waals surface area contributed by atoms with E-state index in [1.165, 1.54) is 5.56 Å². The fourth-order valence-electron chi connectivity index (χ4n) is 5.53. The van der Waals surface area contributed by atoms with Gasteiger partial charge in [-0.1, -0.05) is 72.8 Å². The lowest BCUT2D eigenvalue weighted by atomic mass is 9.99. The number of aromatic nitrogens is 2. The molecular formula is C33H39N5O2. The smallest absolute Gasteiger partial charge is 0.245 e. The molecule has 0 bridgehead atoms. The summed E-state index contributed by atoms with van der Waals surface area (Å²) in [6.45, 7) is 4.58. The third-order valence-electron chi connectivity index (χ3n) is 7.76. The minimum Gasteiger partial charge on any atom is -0.343 e. The average Bonchev–Trinajstić information content (AvgIpc) is 3.36. The van der Waals surface area contributed by atoms with Crippen LogP contribution in [0.1, 0.15) is 51.1 Å². The Morgan fingerprint density at radius 3 is 2.25 bits per heavy atom. The Hall–Kier alpha value is -3.97. The van der Waals surface area contributed by atoms with Crippen LogP contribution in [0.25, 0.3) is 22.4 Å². The number of likely N-dealkylation sites (tertiary alicyclic amines) is 1. The van der Waals surface area contributed by atoms with Gasteiger partial charge in [-0.2, -0.15) is 0 Å². The normalized spacial score (nSPS) is 15.2.